The molecule has 0 aliphatic carbocycles. The molecule has 18 heavy (non-hydrogen) atoms. The molecule has 84 valence electrons. The van der Waals surface area contributed by atoms with Crippen molar-refractivity contribution in [3.63, 3.8) is 0 Å². The molecule has 0 bridgehead atoms. The number of pyridine rings is 1. The highest BCUT2D eigenvalue weighted by molar-refractivity contribution is 5.90. The molecule has 1 heterocycles. The summed E-state index contributed by atoms with van der Waals surface area (Å²) in [5, 5.41) is 11.1. The van der Waals surface area contributed by atoms with Crippen LogP contribution in [0.15, 0.2) is 60.9 Å². The fraction of sp³-hybridized carbons (Fsp3) is 0. The summed E-state index contributed by atoms with van der Waals surface area (Å²) in [6, 6.07) is 18.4. The van der Waals surface area contributed by atoms with Gasteiger partial charge in [-0.05, 0) is 17.2 Å². The predicted octanol–water partition coefficient (Wildman–Crippen LogP) is 3.77. The highest BCUT2D eigenvalue weighted by Crippen LogP contribution is 2.25. The summed E-state index contributed by atoms with van der Waals surface area (Å²) >= 11 is 0. The van der Waals surface area contributed by atoms with Gasteiger partial charge >= 0.3 is 0 Å². The zero-order valence-corrected chi connectivity index (χ0v) is 9.67. The van der Waals surface area contributed by atoms with Gasteiger partial charge in [-0.15, -0.1) is 0 Å². The quantitative estimate of drug-likeness (QED) is 0.638. The Morgan fingerprint density at radius 1 is 0.889 bits per heavy atom. The van der Waals surface area contributed by atoms with Crippen LogP contribution in [0.1, 0.15) is 5.56 Å². The average Bonchev–Trinajstić information content (AvgIpc) is 2.47. The van der Waals surface area contributed by atoms with E-state index in [2.05, 4.69) is 29.3 Å². The molecule has 0 unspecified atom stereocenters. The number of nitriles is 1. The number of benzene rings is 2. The summed E-state index contributed by atoms with van der Waals surface area (Å²) in [5.41, 5.74) is 2.89. The van der Waals surface area contributed by atoms with Crippen molar-refractivity contribution in [2.75, 3.05) is 0 Å². The first-order valence-electron chi connectivity index (χ1n) is 5.72. The number of hydrogen-bond acceptors (Lipinski definition) is 2. The minimum Gasteiger partial charge on any atom is -0.263 e. The van der Waals surface area contributed by atoms with Crippen molar-refractivity contribution >= 4 is 10.8 Å². The van der Waals surface area contributed by atoms with Gasteiger partial charge in [0.05, 0.1) is 5.56 Å². The third-order valence-corrected chi connectivity index (χ3v) is 2.99. The summed E-state index contributed by atoms with van der Waals surface area (Å²) in [6.07, 6.45) is 3.39. The van der Waals surface area contributed by atoms with Gasteiger partial charge < -0.3 is 0 Å². The molecule has 3 aromatic rings. The zero-order chi connectivity index (χ0) is 12.4. The molecule has 0 fully saturated rings. The van der Waals surface area contributed by atoms with Crippen LogP contribution < -0.4 is 0 Å². The summed E-state index contributed by atoms with van der Waals surface area (Å²) in [5.74, 6) is 0. The van der Waals surface area contributed by atoms with E-state index in [-0.39, 0.29) is 0 Å². The van der Waals surface area contributed by atoms with Crippen molar-refractivity contribution in [2.24, 2.45) is 0 Å². The van der Waals surface area contributed by atoms with Gasteiger partial charge in [-0.25, -0.2) is 0 Å². The Labute approximate surface area is 105 Å². The molecule has 0 aliphatic heterocycles. The molecule has 2 heteroatoms. The van der Waals surface area contributed by atoms with Crippen LogP contribution in [0, 0.1) is 11.3 Å². The average molecular weight is 230 g/mol. The number of fused-ring (bicyclic) bond motifs is 1. The molecule has 0 saturated heterocycles. The number of hydrogen-bond donors (Lipinski definition) is 0. The molecule has 0 aliphatic rings. The molecule has 0 radical (unpaired) electrons. The van der Waals surface area contributed by atoms with Gasteiger partial charge in [0, 0.05) is 23.2 Å². The number of aromatic nitrogens is 1. The summed E-state index contributed by atoms with van der Waals surface area (Å²) < 4.78 is 0. The monoisotopic (exact) mass is 230 g/mol. The molecule has 3 rings (SSSR count). The Balaban J connectivity index is 2.26. The van der Waals surface area contributed by atoms with E-state index in [9.17, 15) is 0 Å². The molecule has 0 saturated carbocycles. The van der Waals surface area contributed by atoms with Crippen molar-refractivity contribution in [1.29, 1.82) is 5.26 Å². The van der Waals surface area contributed by atoms with Gasteiger partial charge in [-0.3, -0.25) is 4.98 Å². The van der Waals surface area contributed by atoms with Gasteiger partial charge in [0.2, 0.25) is 0 Å². The van der Waals surface area contributed by atoms with E-state index in [0.717, 1.165) is 21.9 Å². The van der Waals surface area contributed by atoms with Crippen molar-refractivity contribution in [3.05, 3.63) is 66.5 Å². The van der Waals surface area contributed by atoms with Crippen molar-refractivity contribution in [2.45, 2.75) is 0 Å². The third-order valence-electron chi connectivity index (χ3n) is 2.99. The maximum Gasteiger partial charge on any atom is 0.101 e. The zero-order valence-electron chi connectivity index (χ0n) is 9.67. The minimum absolute atomic E-state index is 0.616. The fourth-order valence-corrected chi connectivity index (χ4v) is 2.06. The van der Waals surface area contributed by atoms with Gasteiger partial charge in [0.25, 0.3) is 0 Å². The number of rotatable bonds is 1. The van der Waals surface area contributed by atoms with E-state index in [0.29, 0.717) is 5.56 Å². The Kier molecular flexibility index (Phi) is 2.51. The van der Waals surface area contributed by atoms with Crippen molar-refractivity contribution in [1.82, 2.24) is 4.98 Å². The van der Waals surface area contributed by atoms with Crippen LogP contribution in [0.25, 0.3) is 21.9 Å². The van der Waals surface area contributed by atoms with E-state index in [1.54, 1.807) is 12.4 Å². The van der Waals surface area contributed by atoms with E-state index >= 15 is 0 Å². The lowest BCUT2D eigenvalue weighted by Gasteiger charge is -2.04. The largest absolute Gasteiger partial charge is 0.263 e. The molecule has 0 spiro atoms. The molecule has 1 aromatic heterocycles. The highest BCUT2D eigenvalue weighted by Gasteiger charge is 2.03. The molecule has 2 nitrogen and oxygen atoms in total. The van der Waals surface area contributed by atoms with Crippen LogP contribution in [-0.2, 0) is 0 Å². The minimum atomic E-state index is 0.616. The Hall–Kier alpha value is -2.66. The lowest BCUT2D eigenvalue weighted by molar-refractivity contribution is 1.34. The molecular weight excluding hydrogens is 220 g/mol. The second-order valence-electron chi connectivity index (χ2n) is 4.10. The topological polar surface area (TPSA) is 36.7 Å². The molecule has 0 N–H and O–H groups in total. The van der Waals surface area contributed by atoms with Crippen LogP contribution in [0.2, 0.25) is 0 Å². The molecular formula is C16H10N2. The maximum absolute atomic E-state index is 9.11. The first kappa shape index (κ1) is 10.5. The van der Waals surface area contributed by atoms with Gasteiger partial charge in [-0.1, -0.05) is 42.5 Å². The summed E-state index contributed by atoms with van der Waals surface area (Å²) in [4.78, 5) is 4.06. The Morgan fingerprint density at radius 3 is 2.50 bits per heavy atom. The van der Waals surface area contributed by atoms with Crippen molar-refractivity contribution in [3.8, 4) is 17.2 Å². The van der Waals surface area contributed by atoms with Crippen LogP contribution in [-0.4, -0.2) is 4.98 Å². The summed E-state index contributed by atoms with van der Waals surface area (Å²) in [6.45, 7) is 0. The molecule has 0 amide bonds. The van der Waals surface area contributed by atoms with E-state index in [1.807, 2.05) is 30.3 Å². The van der Waals surface area contributed by atoms with Gasteiger partial charge in [0.1, 0.15) is 6.07 Å². The molecule has 2 aromatic carbocycles. The van der Waals surface area contributed by atoms with Crippen LogP contribution in [0.4, 0.5) is 0 Å². The van der Waals surface area contributed by atoms with Crippen LogP contribution in [0.5, 0.6) is 0 Å². The maximum atomic E-state index is 9.11. The van der Waals surface area contributed by atoms with Crippen LogP contribution >= 0.6 is 0 Å². The second kappa shape index (κ2) is 4.31. The second-order valence-corrected chi connectivity index (χ2v) is 4.10. The fourth-order valence-electron chi connectivity index (χ4n) is 2.06. The predicted molar refractivity (Wildman–Crippen MR) is 71.9 cm³/mol. The standard InChI is InChI=1S/C16H10N2/c17-9-15-11-18-10-14-7-6-13(8-16(14)15)12-4-2-1-3-5-12/h1-8,10-11H. The Bertz CT molecular complexity index is 740. The van der Waals surface area contributed by atoms with Crippen LogP contribution in [0.3, 0.4) is 0 Å². The SMILES string of the molecule is N#Cc1cncc2ccc(-c3ccccc3)cc12. The van der Waals surface area contributed by atoms with Crippen molar-refractivity contribution < 1.29 is 0 Å². The molecule has 0 atom stereocenters. The third kappa shape index (κ3) is 1.72. The normalized spacial score (nSPS) is 10.2. The smallest absolute Gasteiger partial charge is 0.101 e. The lowest BCUT2D eigenvalue weighted by atomic mass is 10.0. The van der Waals surface area contributed by atoms with Gasteiger partial charge in [-0.2, -0.15) is 5.26 Å². The first-order valence-corrected chi connectivity index (χ1v) is 5.72. The first-order chi connectivity index (χ1) is 8.88. The van der Waals surface area contributed by atoms with E-state index in [1.165, 1.54) is 0 Å². The van der Waals surface area contributed by atoms with Gasteiger partial charge in [0.15, 0.2) is 0 Å². The highest BCUT2D eigenvalue weighted by atomic mass is 14.6. The summed E-state index contributed by atoms with van der Waals surface area (Å²) in [7, 11) is 0. The van der Waals surface area contributed by atoms with E-state index < -0.39 is 0 Å². The Morgan fingerprint density at radius 2 is 1.72 bits per heavy atom. The lowest BCUT2D eigenvalue weighted by Crippen LogP contribution is -1.84. The number of nitrogens with zero attached hydrogens (tertiary/aromatic N) is 2. The van der Waals surface area contributed by atoms with E-state index in [4.69, 9.17) is 5.26 Å².